The van der Waals surface area contributed by atoms with E-state index in [-0.39, 0.29) is 74.4 Å². The molecule has 7 N–H and O–H groups in total. The molecular weight excluding hydrogens is 1400 g/mol. The number of ether oxygens (including phenoxy) is 15. The average molecular weight is 1540 g/mol. The van der Waals surface area contributed by atoms with Crippen molar-refractivity contribution in [3.05, 3.63) is 0 Å². The monoisotopic (exact) mass is 1540 g/mol. The van der Waals surface area contributed by atoms with E-state index in [1.807, 2.05) is 65.7 Å². The number of esters is 3. The van der Waals surface area contributed by atoms with Gasteiger partial charge in [0.15, 0.2) is 31.3 Å². The highest BCUT2D eigenvalue weighted by atomic mass is 16.7. The molecule has 6 aliphatic rings. The molecule has 0 bridgehead atoms. The van der Waals surface area contributed by atoms with E-state index in [1.54, 1.807) is 96.9 Å². The lowest BCUT2D eigenvalue weighted by Gasteiger charge is -2.50. The molecular formula is C78H140N2O27. The molecule has 6 heterocycles. The van der Waals surface area contributed by atoms with Gasteiger partial charge in [-0.25, -0.2) is 0 Å². The molecule has 6 rings (SSSR count). The first kappa shape index (κ1) is 94.5. The number of carbonyl (C=O) groups is 5. The Labute approximate surface area is 636 Å². The maximum absolute atomic E-state index is 14.3. The maximum Gasteiger partial charge on any atom is 0.311 e. The second-order valence-corrected chi connectivity index (χ2v) is 33.8. The number of methoxy groups -OCH3 is 4. The van der Waals surface area contributed by atoms with Crippen LogP contribution in [0.25, 0.3) is 0 Å². The van der Waals surface area contributed by atoms with Crippen LogP contribution in [0.5, 0.6) is 0 Å². The van der Waals surface area contributed by atoms with E-state index >= 15 is 0 Å². The van der Waals surface area contributed by atoms with E-state index < -0.39 is 209 Å². The molecule has 0 unspecified atom stereocenters. The summed E-state index contributed by atoms with van der Waals surface area (Å²) >= 11 is 0. The molecule has 624 valence electrons. The highest BCUT2D eigenvalue weighted by Crippen LogP contribution is 2.46. The third kappa shape index (κ3) is 21.5. The second kappa shape index (κ2) is 38.4. The molecule has 6 aliphatic heterocycles. The summed E-state index contributed by atoms with van der Waals surface area (Å²) in [5.74, 6) is -9.60. The van der Waals surface area contributed by atoms with E-state index in [2.05, 4.69) is 0 Å². The van der Waals surface area contributed by atoms with E-state index in [0.717, 1.165) is 0 Å². The Morgan fingerprint density at radius 1 is 0.458 bits per heavy atom. The number of rotatable bonds is 17. The summed E-state index contributed by atoms with van der Waals surface area (Å²) in [5.41, 5.74) is -8.57. The molecule has 0 aromatic heterocycles. The average Bonchev–Trinajstić information content (AvgIpc) is 0.772. The zero-order chi connectivity index (χ0) is 81.6. The zero-order valence-electron chi connectivity index (χ0n) is 69.7. The first-order valence-electron chi connectivity index (χ1n) is 38.7. The molecule has 0 radical (unpaired) electrons. The molecule has 0 aliphatic carbocycles. The largest absolute Gasteiger partial charge is 0.459 e. The Bertz CT molecular complexity index is 2860. The van der Waals surface area contributed by atoms with Gasteiger partial charge in [-0.2, -0.15) is 0 Å². The number of likely N-dealkylation sites (N-methyl/N-ethyl adjacent to an activating group) is 2. The van der Waals surface area contributed by atoms with Crippen molar-refractivity contribution in [2.45, 2.75) is 365 Å². The standard InChI is InChI=1S/C40H71NO14.C38H69NO13/c1-16-28-40(11,47)33(44)22(4)30(43)20(2)18-39(10,49-15)35(55-37-32(52-26(8)42)27(41(12)13)17-21(3)50-37)23(5)31(24(6)36(46)53-28)54-29-19-38(9,48-14)34(45)25(7)51-29;1-15-26-38(10,45)31(42)21(4)28(40)19(2)17-37(9,47-14)33(52-35-29(41)25(39(11)12)16-20(3)48-35)22(5)30(23(6)34(44)50-26)51-27-18-36(8,46-13)32(43)24(7)49-27/h20-25,27-29,31-35,37,44-45,47H,16-19H2,1-15H3;19-27,29-33,35,41-43,45H,15-18H2,1-14H3/t20-,21-,22+,23+,24-,25+,27+,28-,29+,31+,32-,33-,34+,35-,37+,38-,39+,40-;19-,20-,21+,22+,23-,24+,25+,26-,27+,29-,30+,31-,32+,33-,35+,36-,37+,38-/m11/s1. The van der Waals surface area contributed by atoms with Crippen molar-refractivity contribution >= 4 is 29.5 Å². The summed E-state index contributed by atoms with van der Waals surface area (Å²) in [7, 11) is 13.5. The predicted octanol–water partition coefficient (Wildman–Crippen LogP) is 5.45. The molecule has 36 atom stereocenters. The lowest BCUT2D eigenvalue weighted by Crippen LogP contribution is -2.62. The van der Waals surface area contributed by atoms with Crippen molar-refractivity contribution in [1.82, 2.24) is 9.80 Å². The van der Waals surface area contributed by atoms with Gasteiger partial charge in [-0.3, -0.25) is 24.0 Å². The van der Waals surface area contributed by atoms with Crippen molar-refractivity contribution in [2.24, 2.45) is 47.3 Å². The van der Waals surface area contributed by atoms with Crippen LogP contribution < -0.4 is 0 Å². The van der Waals surface area contributed by atoms with Crippen LogP contribution in [-0.2, 0) is 95.0 Å². The normalized spacial score (nSPS) is 47.9. The number of cyclic esters (lactones) is 2. The first-order valence-corrected chi connectivity index (χ1v) is 38.7. The quantitative estimate of drug-likeness (QED) is 0.0703. The van der Waals surface area contributed by atoms with Gasteiger partial charge >= 0.3 is 17.9 Å². The fourth-order valence-corrected chi connectivity index (χ4v) is 17.5. The van der Waals surface area contributed by atoms with Gasteiger partial charge in [0, 0.05) is 89.8 Å². The van der Waals surface area contributed by atoms with Crippen LogP contribution in [0, 0.1) is 47.3 Å². The van der Waals surface area contributed by atoms with Gasteiger partial charge in [-0.1, -0.05) is 55.4 Å². The Morgan fingerprint density at radius 2 is 0.794 bits per heavy atom. The number of carbonyl (C=O) groups excluding carboxylic acids is 5. The Balaban J connectivity index is 0.000000384. The van der Waals surface area contributed by atoms with Crippen molar-refractivity contribution in [3.63, 3.8) is 0 Å². The lowest BCUT2D eigenvalue weighted by molar-refractivity contribution is -0.320. The van der Waals surface area contributed by atoms with Crippen molar-refractivity contribution in [2.75, 3.05) is 56.6 Å². The molecule has 6 saturated heterocycles. The number of ketones is 2. The summed E-state index contributed by atoms with van der Waals surface area (Å²) in [4.78, 5) is 72.9. The molecule has 107 heavy (non-hydrogen) atoms. The number of hydrogen-bond donors (Lipinski definition) is 7. The van der Waals surface area contributed by atoms with Gasteiger partial charge in [0.1, 0.15) is 53.3 Å². The smallest absolute Gasteiger partial charge is 0.311 e. The van der Waals surface area contributed by atoms with Crippen LogP contribution in [0.2, 0.25) is 0 Å². The fourth-order valence-electron chi connectivity index (χ4n) is 17.5. The molecule has 0 aromatic rings. The van der Waals surface area contributed by atoms with Crippen LogP contribution in [0.4, 0.5) is 0 Å². The summed E-state index contributed by atoms with van der Waals surface area (Å²) < 4.78 is 94.1. The molecule has 29 nitrogen and oxygen atoms in total. The number of aliphatic hydroxyl groups excluding tert-OH is 5. The van der Waals surface area contributed by atoms with Crippen LogP contribution in [0.3, 0.4) is 0 Å². The Hall–Kier alpha value is -3.09. The van der Waals surface area contributed by atoms with Gasteiger partial charge < -0.3 is 117 Å². The summed E-state index contributed by atoms with van der Waals surface area (Å²) in [6.07, 6.45) is -17.5. The van der Waals surface area contributed by atoms with Gasteiger partial charge in [0.05, 0.1) is 101 Å². The fraction of sp³-hybridized carbons (Fsp3) is 0.936. The number of aliphatic hydroxyl groups is 7. The third-order valence-corrected chi connectivity index (χ3v) is 24.8. The highest BCUT2D eigenvalue weighted by Gasteiger charge is 2.58. The maximum atomic E-state index is 14.3. The summed E-state index contributed by atoms with van der Waals surface area (Å²) in [6.45, 7) is 35.4. The molecule has 0 amide bonds. The predicted molar refractivity (Wildman–Crippen MR) is 392 cm³/mol. The van der Waals surface area contributed by atoms with Gasteiger partial charge in [0.25, 0.3) is 0 Å². The van der Waals surface area contributed by atoms with Crippen LogP contribution in [0.1, 0.15) is 197 Å². The zero-order valence-corrected chi connectivity index (χ0v) is 69.7. The minimum Gasteiger partial charge on any atom is -0.459 e. The summed E-state index contributed by atoms with van der Waals surface area (Å²) in [6, 6.07) is -0.563. The van der Waals surface area contributed by atoms with Crippen LogP contribution in [0.15, 0.2) is 0 Å². The number of Topliss-reactive ketones (excluding diaryl/α,β-unsaturated/α-hetero) is 2. The van der Waals surface area contributed by atoms with Gasteiger partial charge in [0.2, 0.25) is 0 Å². The highest BCUT2D eigenvalue weighted by molar-refractivity contribution is 5.84. The lowest BCUT2D eigenvalue weighted by atomic mass is 9.73. The second-order valence-electron chi connectivity index (χ2n) is 33.8. The molecule has 0 aromatic carbocycles. The minimum absolute atomic E-state index is 0.0851. The Kier molecular flexibility index (Phi) is 33.9. The third-order valence-electron chi connectivity index (χ3n) is 24.8. The topological polar surface area (TPSA) is 372 Å². The SMILES string of the molecule is CC[C@H]1OC(=O)[C@H](C)[C@@H](O[C@H]2C[C@@](C)(OC)[C@@H](O)[C@H](C)O2)[C@H](C)[C@@H](O[C@@H]2O[C@H](C)C[C@H](N(C)C)[C@H]2O)[C@@](C)(OC)C[C@@H](C)C(=O)[C@H](C)[C@@H](O)[C@]1(C)O.CC[C@H]1OC(=O)[C@H](C)[C@@H](O[C@H]2C[C@@](C)(OC)[C@@H](O)[C@H](C)O2)[C@H](C)[C@@H](O[C@@H]2O[C@H](C)C[C@H](N(C)C)[C@H]2OC(C)=O)[C@@](C)(OC)C[C@@H](C)C(=O)[C@H](C)[C@@H](O)[C@]1(C)O. The molecule has 29 heteroatoms. The van der Waals surface area contributed by atoms with Crippen molar-refractivity contribution in [1.29, 1.82) is 0 Å². The first-order chi connectivity index (χ1) is 49.4. The van der Waals surface area contributed by atoms with E-state index in [9.17, 15) is 59.7 Å². The van der Waals surface area contributed by atoms with E-state index in [1.165, 1.54) is 49.2 Å². The number of hydrogen-bond acceptors (Lipinski definition) is 29. The number of nitrogens with zero attached hydrogens (tertiary/aromatic N) is 2. The van der Waals surface area contributed by atoms with E-state index in [4.69, 9.17) is 71.1 Å². The van der Waals surface area contributed by atoms with Gasteiger partial charge in [-0.05, 0) is 150 Å². The molecule has 0 spiro atoms. The molecule has 0 saturated carbocycles. The van der Waals surface area contributed by atoms with Crippen LogP contribution in [-0.4, -0.2) is 300 Å². The molecule has 6 fully saturated rings. The van der Waals surface area contributed by atoms with E-state index in [0.29, 0.717) is 12.8 Å². The van der Waals surface area contributed by atoms with Gasteiger partial charge in [-0.15, -0.1) is 0 Å². The summed E-state index contributed by atoms with van der Waals surface area (Å²) in [5, 5.41) is 79.7. The van der Waals surface area contributed by atoms with Crippen LogP contribution >= 0.6 is 0 Å². The van der Waals surface area contributed by atoms with Crippen molar-refractivity contribution < 1.29 is 131 Å². The Morgan fingerprint density at radius 3 is 1.12 bits per heavy atom. The van der Waals surface area contributed by atoms with Crippen molar-refractivity contribution in [3.8, 4) is 0 Å². The minimum atomic E-state index is -1.98.